The third-order valence-electron chi connectivity index (χ3n) is 5.31. The molecule has 0 radical (unpaired) electrons. The highest BCUT2D eigenvalue weighted by Crippen LogP contribution is 2.25. The van der Waals surface area contributed by atoms with E-state index in [9.17, 15) is 9.18 Å². The largest absolute Gasteiger partial charge is 0.339 e. The number of hydrogen-bond donors (Lipinski definition) is 0. The lowest BCUT2D eigenvalue weighted by atomic mass is 10.1. The molecule has 1 amide bonds. The molecule has 2 aliphatic heterocycles. The number of rotatable bonds is 6. The van der Waals surface area contributed by atoms with Gasteiger partial charge in [0.05, 0.1) is 12.6 Å². The lowest BCUT2D eigenvalue weighted by Gasteiger charge is -2.31. The monoisotopic (exact) mass is 349 g/mol. The van der Waals surface area contributed by atoms with Gasteiger partial charge < -0.3 is 4.90 Å². The Bertz CT molecular complexity index is 584. The molecule has 138 valence electrons. The van der Waals surface area contributed by atoms with E-state index in [2.05, 4.69) is 19.8 Å². The Labute approximate surface area is 149 Å². The topological polar surface area (TPSA) is 52.6 Å². The summed E-state index contributed by atoms with van der Waals surface area (Å²) in [5.41, 5.74) is 0. The zero-order valence-electron chi connectivity index (χ0n) is 15.3. The Morgan fingerprint density at radius 3 is 2.72 bits per heavy atom. The smallest absolute Gasteiger partial charge is 0.240 e. The van der Waals surface area contributed by atoms with Gasteiger partial charge in [0.25, 0.3) is 0 Å². The lowest BCUT2D eigenvalue weighted by molar-refractivity contribution is -0.133. The summed E-state index contributed by atoms with van der Waals surface area (Å²) >= 11 is 0. The molecule has 3 atom stereocenters. The normalized spacial score (nSPS) is 27.8. The zero-order chi connectivity index (χ0) is 18.0. The second-order valence-electron chi connectivity index (χ2n) is 7.45. The van der Waals surface area contributed by atoms with Crippen molar-refractivity contribution in [3.05, 3.63) is 24.3 Å². The van der Waals surface area contributed by atoms with Gasteiger partial charge in [0.2, 0.25) is 5.91 Å². The van der Waals surface area contributed by atoms with E-state index >= 15 is 0 Å². The molecular formula is C18H28FN5O. The number of amides is 1. The fourth-order valence-electron chi connectivity index (χ4n) is 3.97. The Morgan fingerprint density at radius 2 is 2.08 bits per heavy atom. The molecule has 0 bridgehead atoms. The van der Waals surface area contributed by atoms with Gasteiger partial charge in [-0.3, -0.25) is 14.6 Å². The van der Waals surface area contributed by atoms with Crippen LogP contribution in [0.25, 0.3) is 0 Å². The molecule has 2 aliphatic rings. The molecule has 1 aromatic heterocycles. The van der Waals surface area contributed by atoms with Crippen LogP contribution >= 0.6 is 0 Å². The maximum absolute atomic E-state index is 14.0. The molecule has 6 nitrogen and oxygen atoms in total. The number of halogens is 1. The van der Waals surface area contributed by atoms with Crippen molar-refractivity contribution >= 4 is 5.91 Å². The first kappa shape index (κ1) is 18.2. The Balaban J connectivity index is 1.61. The Hall–Kier alpha value is -1.60. The first-order valence-corrected chi connectivity index (χ1v) is 9.10. The van der Waals surface area contributed by atoms with Crippen molar-refractivity contribution in [1.29, 1.82) is 0 Å². The van der Waals surface area contributed by atoms with E-state index in [-0.39, 0.29) is 24.0 Å². The molecule has 1 unspecified atom stereocenters. The summed E-state index contributed by atoms with van der Waals surface area (Å²) in [5.74, 6) is 0.914. The fraction of sp³-hybridized carbons (Fsp3) is 0.722. The van der Waals surface area contributed by atoms with Gasteiger partial charge in [0.1, 0.15) is 12.0 Å². The molecule has 2 fully saturated rings. The first-order valence-electron chi connectivity index (χ1n) is 9.10. The van der Waals surface area contributed by atoms with Crippen molar-refractivity contribution in [3.63, 3.8) is 0 Å². The minimum atomic E-state index is -0.825. The lowest BCUT2D eigenvalue weighted by Crippen LogP contribution is -2.46. The van der Waals surface area contributed by atoms with E-state index in [1.807, 2.05) is 25.8 Å². The third-order valence-corrected chi connectivity index (χ3v) is 5.31. The van der Waals surface area contributed by atoms with E-state index in [1.165, 1.54) is 0 Å². The van der Waals surface area contributed by atoms with E-state index < -0.39 is 6.17 Å². The van der Waals surface area contributed by atoms with Crippen molar-refractivity contribution in [3.8, 4) is 0 Å². The average Bonchev–Trinajstić information content (AvgIpc) is 3.11. The van der Waals surface area contributed by atoms with Crippen molar-refractivity contribution in [2.45, 2.75) is 57.5 Å². The van der Waals surface area contributed by atoms with Gasteiger partial charge in [-0.25, -0.2) is 14.4 Å². The number of hydrogen-bond acceptors (Lipinski definition) is 5. The van der Waals surface area contributed by atoms with Crippen LogP contribution in [0.2, 0.25) is 0 Å². The SMILES string of the molecule is CC(C)N1CCC(N(C)C[C@@H]2C[C@H](F)CN2Cc2ncccn2)C1=O. The minimum Gasteiger partial charge on any atom is -0.339 e. The average molecular weight is 349 g/mol. The van der Waals surface area contributed by atoms with Crippen LogP contribution in [-0.4, -0.2) is 81.6 Å². The molecule has 0 aromatic carbocycles. The predicted molar refractivity (Wildman–Crippen MR) is 93.6 cm³/mol. The molecule has 3 rings (SSSR count). The number of aromatic nitrogens is 2. The highest BCUT2D eigenvalue weighted by atomic mass is 19.1. The molecule has 0 spiro atoms. The number of likely N-dealkylation sites (N-methyl/N-ethyl adjacent to an activating group) is 1. The maximum Gasteiger partial charge on any atom is 0.240 e. The first-order chi connectivity index (χ1) is 12.0. The number of nitrogens with zero attached hydrogens (tertiary/aromatic N) is 5. The van der Waals surface area contributed by atoms with Gasteiger partial charge in [0, 0.05) is 44.1 Å². The van der Waals surface area contributed by atoms with E-state index in [4.69, 9.17) is 0 Å². The number of likely N-dealkylation sites (tertiary alicyclic amines) is 2. The molecule has 2 saturated heterocycles. The van der Waals surface area contributed by atoms with Crippen LogP contribution in [0.5, 0.6) is 0 Å². The summed E-state index contributed by atoms with van der Waals surface area (Å²) in [7, 11) is 1.98. The van der Waals surface area contributed by atoms with E-state index in [0.29, 0.717) is 31.9 Å². The predicted octanol–water partition coefficient (Wildman–Crippen LogP) is 1.33. The van der Waals surface area contributed by atoms with Gasteiger partial charge in [-0.05, 0) is 39.8 Å². The molecular weight excluding hydrogens is 321 g/mol. The highest BCUT2D eigenvalue weighted by Gasteiger charge is 2.39. The summed E-state index contributed by atoms with van der Waals surface area (Å²) in [6.07, 6.45) is 3.95. The second kappa shape index (κ2) is 7.74. The number of alkyl halides is 1. The highest BCUT2D eigenvalue weighted by molar-refractivity contribution is 5.84. The molecule has 25 heavy (non-hydrogen) atoms. The fourth-order valence-corrected chi connectivity index (χ4v) is 3.97. The summed E-state index contributed by atoms with van der Waals surface area (Å²) in [5, 5.41) is 0. The molecule has 3 heterocycles. The van der Waals surface area contributed by atoms with Crippen LogP contribution in [0.4, 0.5) is 4.39 Å². The van der Waals surface area contributed by atoms with E-state index in [1.54, 1.807) is 18.5 Å². The van der Waals surface area contributed by atoms with Gasteiger partial charge in [-0.1, -0.05) is 0 Å². The van der Waals surface area contributed by atoms with Gasteiger partial charge in [0.15, 0.2) is 0 Å². The van der Waals surface area contributed by atoms with Crippen LogP contribution in [0, 0.1) is 0 Å². The van der Waals surface area contributed by atoms with Crippen molar-refractivity contribution in [2.75, 3.05) is 26.7 Å². The minimum absolute atomic E-state index is 0.0871. The molecule has 7 heteroatoms. The maximum atomic E-state index is 14.0. The molecule has 0 aliphatic carbocycles. The molecule has 1 aromatic rings. The van der Waals surface area contributed by atoms with E-state index in [0.717, 1.165) is 13.0 Å². The Kier molecular flexibility index (Phi) is 5.64. The molecule has 0 saturated carbocycles. The zero-order valence-corrected chi connectivity index (χ0v) is 15.3. The van der Waals surface area contributed by atoms with Crippen molar-refractivity contribution < 1.29 is 9.18 Å². The Morgan fingerprint density at radius 1 is 1.36 bits per heavy atom. The van der Waals surface area contributed by atoms with Crippen molar-refractivity contribution in [2.24, 2.45) is 0 Å². The van der Waals surface area contributed by atoms with Gasteiger partial charge >= 0.3 is 0 Å². The van der Waals surface area contributed by atoms with Gasteiger partial charge in [-0.2, -0.15) is 0 Å². The summed E-state index contributed by atoms with van der Waals surface area (Å²) in [6.45, 7) is 6.56. The number of carbonyl (C=O) groups is 1. The van der Waals surface area contributed by atoms with Crippen LogP contribution in [0.15, 0.2) is 18.5 Å². The number of carbonyl (C=O) groups excluding carboxylic acids is 1. The van der Waals surface area contributed by atoms with Gasteiger partial charge in [-0.15, -0.1) is 0 Å². The summed E-state index contributed by atoms with van der Waals surface area (Å²) < 4.78 is 14.0. The van der Waals surface area contributed by atoms with Crippen LogP contribution in [-0.2, 0) is 11.3 Å². The standard InChI is InChI=1S/C18H28FN5O/c1-13(2)24-8-5-16(18(24)25)22(3)11-15-9-14(19)10-23(15)12-17-20-6-4-7-21-17/h4,6-7,13-16H,5,8-12H2,1-3H3/t14-,15-,16?/m0/s1. The summed E-state index contributed by atoms with van der Waals surface area (Å²) in [4.78, 5) is 27.2. The third kappa shape index (κ3) is 4.15. The van der Waals surface area contributed by atoms with Crippen LogP contribution in [0.3, 0.4) is 0 Å². The summed E-state index contributed by atoms with van der Waals surface area (Å²) in [6, 6.07) is 2.02. The van der Waals surface area contributed by atoms with Crippen molar-refractivity contribution in [1.82, 2.24) is 24.7 Å². The molecule has 0 N–H and O–H groups in total. The second-order valence-corrected chi connectivity index (χ2v) is 7.45. The van der Waals surface area contributed by atoms with Crippen LogP contribution in [0.1, 0.15) is 32.5 Å². The quantitative estimate of drug-likeness (QED) is 0.776. The van der Waals surface area contributed by atoms with Crippen LogP contribution < -0.4 is 0 Å².